The van der Waals surface area contributed by atoms with Gasteiger partial charge in [-0.3, -0.25) is 9.69 Å². The van der Waals surface area contributed by atoms with Crippen LogP contribution in [-0.4, -0.2) is 23.4 Å². The molecule has 3 rings (SSSR count). The average Bonchev–Trinajstić information content (AvgIpc) is 3.19. The Balaban J connectivity index is 1.60. The molecule has 1 aliphatic rings. The molecule has 1 amide bonds. The molecule has 0 atom stereocenters. The van der Waals surface area contributed by atoms with Crippen LogP contribution >= 0.6 is 11.3 Å². The third-order valence-electron chi connectivity index (χ3n) is 3.61. The number of hydrogen-bond acceptors (Lipinski definition) is 4. The Labute approximate surface area is 128 Å². The normalized spacial score (nSPS) is 14.3. The van der Waals surface area contributed by atoms with E-state index in [9.17, 15) is 4.79 Å². The number of benzene rings is 1. The number of nitrogens with one attached hydrogen (secondary N) is 1. The molecule has 4 nitrogen and oxygen atoms in total. The lowest BCUT2D eigenvalue weighted by Gasteiger charge is -2.21. The van der Waals surface area contributed by atoms with Crippen molar-refractivity contribution in [3.05, 3.63) is 46.7 Å². The van der Waals surface area contributed by atoms with Crippen LogP contribution in [0.1, 0.15) is 18.4 Å². The molecule has 0 saturated heterocycles. The number of hydrogen-bond donors (Lipinski definition) is 2. The van der Waals surface area contributed by atoms with Gasteiger partial charge in [0.05, 0.1) is 17.9 Å². The topological polar surface area (TPSA) is 58.4 Å². The maximum absolute atomic E-state index is 12.2. The number of rotatable bonds is 6. The highest BCUT2D eigenvalue weighted by atomic mass is 32.1. The van der Waals surface area contributed by atoms with Crippen molar-refractivity contribution in [3.8, 4) is 0 Å². The summed E-state index contributed by atoms with van der Waals surface area (Å²) in [6, 6.07) is 10.0. The van der Waals surface area contributed by atoms with Gasteiger partial charge in [0, 0.05) is 12.6 Å². The summed E-state index contributed by atoms with van der Waals surface area (Å²) in [6.45, 7) is 1.25. The SMILES string of the molecule is Nc1ccccc1NC(=O)CN(Cc1ccsc1)C1CC1. The minimum absolute atomic E-state index is 0.00460. The van der Waals surface area contributed by atoms with E-state index in [0.29, 0.717) is 24.0 Å². The van der Waals surface area contributed by atoms with E-state index in [1.54, 1.807) is 17.4 Å². The number of nitrogens with zero attached hydrogens (tertiary/aromatic N) is 1. The van der Waals surface area contributed by atoms with Crippen molar-refractivity contribution in [1.82, 2.24) is 4.90 Å². The predicted octanol–water partition coefficient (Wildman–Crippen LogP) is 2.93. The number of carbonyl (C=O) groups excluding carboxylic acids is 1. The summed E-state index contributed by atoms with van der Waals surface area (Å²) < 4.78 is 0. The lowest BCUT2D eigenvalue weighted by molar-refractivity contribution is -0.117. The molecule has 0 spiro atoms. The van der Waals surface area contributed by atoms with E-state index in [2.05, 4.69) is 27.0 Å². The number of carbonyl (C=O) groups is 1. The highest BCUT2D eigenvalue weighted by molar-refractivity contribution is 7.07. The second kappa shape index (κ2) is 6.28. The molecule has 0 unspecified atom stereocenters. The van der Waals surface area contributed by atoms with Crippen molar-refractivity contribution < 1.29 is 4.79 Å². The largest absolute Gasteiger partial charge is 0.397 e. The van der Waals surface area contributed by atoms with E-state index in [0.717, 1.165) is 6.54 Å². The van der Waals surface area contributed by atoms with Gasteiger partial charge >= 0.3 is 0 Å². The second-order valence-corrected chi connectivity index (χ2v) is 6.18. The van der Waals surface area contributed by atoms with Gasteiger partial charge in [0.1, 0.15) is 0 Å². The number of amides is 1. The van der Waals surface area contributed by atoms with Crippen LogP contribution in [0.3, 0.4) is 0 Å². The van der Waals surface area contributed by atoms with Gasteiger partial charge in [0.15, 0.2) is 0 Å². The van der Waals surface area contributed by atoms with Crippen LogP contribution in [0.4, 0.5) is 11.4 Å². The number of para-hydroxylation sites is 2. The summed E-state index contributed by atoms with van der Waals surface area (Å²) in [4.78, 5) is 14.5. The molecule has 21 heavy (non-hydrogen) atoms. The van der Waals surface area contributed by atoms with Gasteiger partial charge < -0.3 is 11.1 Å². The van der Waals surface area contributed by atoms with Crippen LogP contribution in [0.15, 0.2) is 41.1 Å². The third kappa shape index (κ3) is 3.83. The number of nitrogens with two attached hydrogens (primary N) is 1. The first-order valence-electron chi connectivity index (χ1n) is 7.12. The van der Waals surface area contributed by atoms with Gasteiger partial charge in [-0.2, -0.15) is 11.3 Å². The third-order valence-corrected chi connectivity index (χ3v) is 4.34. The zero-order valence-electron chi connectivity index (χ0n) is 11.8. The van der Waals surface area contributed by atoms with E-state index in [1.807, 2.05) is 18.2 Å². The standard InChI is InChI=1S/C16H19N3OS/c17-14-3-1-2-4-15(14)18-16(20)10-19(13-5-6-13)9-12-7-8-21-11-12/h1-4,7-8,11,13H,5-6,9-10,17H2,(H,18,20). The molecule has 1 fully saturated rings. The van der Waals surface area contributed by atoms with Crippen LogP contribution in [0.2, 0.25) is 0 Å². The second-order valence-electron chi connectivity index (χ2n) is 5.40. The molecule has 3 N–H and O–H groups in total. The Bertz CT molecular complexity index is 608. The van der Waals surface area contributed by atoms with Crippen LogP contribution in [0.5, 0.6) is 0 Å². The quantitative estimate of drug-likeness (QED) is 0.807. The molecular formula is C16H19N3OS. The fourth-order valence-corrected chi connectivity index (χ4v) is 3.02. The Kier molecular flexibility index (Phi) is 4.22. The zero-order valence-corrected chi connectivity index (χ0v) is 12.6. The van der Waals surface area contributed by atoms with Crippen LogP contribution < -0.4 is 11.1 Å². The van der Waals surface area contributed by atoms with Crippen molar-refractivity contribution in [2.45, 2.75) is 25.4 Å². The highest BCUT2D eigenvalue weighted by Crippen LogP contribution is 2.28. The first-order valence-corrected chi connectivity index (χ1v) is 8.06. The van der Waals surface area contributed by atoms with E-state index >= 15 is 0 Å². The van der Waals surface area contributed by atoms with Gasteiger partial charge in [-0.1, -0.05) is 12.1 Å². The van der Waals surface area contributed by atoms with Gasteiger partial charge in [0.25, 0.3) is 0 Å². The molecule has 0 radical (unpaired) electrons. The summed E-state index contributed by atoms with van der Waals surface area (Å²) in [5, 5.41) is 7.12. The van der Waals surface area contributed by atoms with E-state index in [1.165, 1.54) is 18.4 Å². The number of thiophene rings is 1. The van der Waals surface area contributed by atoms with Crippen molar-refractivity contribution >= 4 is 28.6 Å². The lowest BCUT2D eigenvalue weighted by atomic mass is 10.2. The maximum atomic E-state index is 12.2. The van der Waals surface area contributed by atoms with Crippen LogP contribution in [-0.2, 0) is 11.3 Å². The van der Waals surface area contributed by atoms with E-state index in [4.69, 9.17) is 5.73 Å². The Morgan fingerprint density at radius 3 is 2.81 bits per heavy atom. The van der Waals surface area contributed by atoms with Gasteiger partial charge in [-0.15, -0.1) is 0 Å². The zero-order chi connectivity index (χ0) is 14.7. The first kappa shape index (κ1) is 14.1. The minimum Gasteiger partial charge on any atom is -0.397 e. The van der Waals surface area contributed by atoms with E-state index < -0.39 is 0 Å². The van der Waals surface area contributed by atoms with Crippen molar-refractivity contribution in [2.75, 3.05) is 17.6 Å². The highest BCUT2D eigenvalue weighted by Gasteiger charge is 2.30. The smallest absolute Gasteiger partial charge is 0.238 e. The monoisotopic (exact) mass is 301 g/mol. The van der Waals surface area contributed by atoms with Gasteiger partial charge in [-0.25, -0.2) is 0 Å². The molecule has 110 valence electrons. The Hall–Kier alpha value is -1.85. The number of nitrogen functional groups attached to an aromatic ring is 1. The number of anilines is 2. The Morgan fingerprint density at radius 1 is 1.33 bits per heavy atom. The summed E-state index contributed by atoms with van der Waals surface area (Å²) in [7, 11) is 0. The first-order chi connectivity index (χ1) is 10.2. The molecule has 0 bridgehead atoms. The van der Waals surface area contributed by atoms with Crippen molar-refractivity contribution in [3.63, 3.8) is 0 Å². The molecule has 5 heteroatoms. The molecular weight excluding hydrogens is 282 g/mol. The van der Waals surface area contributed by atoms with Gasteiger partial charge in [0.2, 0.25) is 5.91 Å². The maximum Gasteiger partial charge on any atom is 0.238 e. The Morgan fingerprint density at radius 2 is 2.14 bits per heavy atom. The molecule has 1 heterocycles. The molecule has 1 aromatic carbocycles. The molecule has 1 saturated carbocycles. The molecule has 1 aromatic heterocycles. The van der Waals surface area contributed by atoms with Crippen LogP contribution in [0.25, 0.3) is 0 Å². The summed E-state index contributed by atoms with van der Waals surface area (Å²) >= 11 is 1.69. The van der Waals surface area contributed by atoms with Gasteiger partial charge in [-0.05, 0) is 47.4 Å². The summed E-state index contributed by atoms with van der Waals surface area (Å²) in [5.41, 5.74) is 8.42. The summed E-state index contributed by atoms with van der Waals surface area (Å²) in [5.74, 6) is -0.00460. The van der Waals surface area contributed by atoms with Crippen LogP contribution in [0, 0.1) is 0 Å². The van der Waals surface area contributed by atoms with E-state index in [-0.39, 0.29) is 5.91 Å². The fourth-order valence-electron chi connectivity index (χ4n) is 2.36. The summed E-state index contributed by atoms with van der Waals surface area (Å²) in [6.07, 6.45) is 2.37. The molecule has 0 aliphatic heterocycles. The molecule has 1 aliphatic carbocycles. The predicted molar refractivity (Wildman–Crippen MR) is 87.2 cm³/mol. The van der Waals surface area contributed by atoms with Crippen molar-refractivity contribution in [1.29, 1.82) is 0 Å². The minimum atomic E-state index is -0.00460. The lowest BCUT2D eigenvalue weighted by Crippen LogP contribution is -2.34. The molecule has 2 aromatic rings. The van der Waals surface area contributed by atoms with Crippen molar-refractivity contribution in [2.24, 2.45) is 0 Å². The fraction of sp³-hybridized carbons (Fsp3) is 0.312. The average molecular weight is 301 g/mol.